The topological polar surface area (TPSA) is 46.3 Å². The molecule has 0 saturated heterocycles. The van der Waals surface area contributed by atoms with Gasteiger partial charge in [0.05, 0.1) is 16.9 Å². The molecule has 1 aromatic heterocycles. The maximum Gasteiger partial charge on any atom is 0.140 e. The summed E-state index contributed by atoms with van der Waals surface area (Å²) in [7, 11) is 0. The Morgan fingerprint density at radius 2 is 1.30 bits per heavy atom. The zero-order chi connectivity index (χ0) is 26.9. The van der Waals surface area contributed by atoms with E-state index in [4.69, 9.17) is 10.3 Å². The van der Waals surface area contributed by atoms with E-state index in [-0.39, 0.29) is 6.04 Å². The third-order valence-corrected chi connectivity index (χ3v) is 7.82. The average molecular weight is 520 g/mol. The summed E-state index contributed by atoms with van der Waals surface area (Å²) < 4.78 is 2.13. The van der Waals surface area contributed by atoms with Crippen LogP contribution in [-0.2, 0) is 12.0 Å². The molecule has 5 heteroatoms. The van der Waals surface area contributed by atoms with Crippen molar-refractivity contribution < 1.29 is 0 Å². The molecule has 0 radical (unpaired) electrons. The highest BCUT2D eigenvalue weighted by atomic mass is 15.6. The van der Waals surface area contributed by atoms with Crippen LogP contribution in [0.5, 0.6) is 0 Å². The number of hydrogen-bond acceptors (Lipinski definition) is 4. The number of rotatable bonds is 6. The highest BCUT2D eigenvalue weighted by Crippen LogP contribution is 2.50. The van der Waals surface area contributed by atoms with Crippen molar-refractivity contribution in [3.05, 3.63) is 162 Å². The van der Waals surface area contributed by atoms with E-state index < -0.39 is 5.54 Å². The standard InChI is InChI=1S/C35H29N5/c1-26-21-23-29(24-22-26)34-35(25-27-13-5-2-6-14-27,40-32-20-12-11-19-31(32)36-38-40)33(28-15-7-3-8-16-28)37-39(34)30-17-9-4-10-18-30/h2-24,34H,25H2,1H3. The number of aryl methyl sites for hydroxylation is 1. The predicted octanol–water partition coefficient (Wildman–Crippen LogP) is 7.34. The van der Waals surface area contributed by atoms with Crippen molar-refractivity contribution in [3.63, 3.8) is 0 Å². The van der Waals surface area contributed by atoms with Crippen molar-refractivity contribution in [3.8, 4) is 0 Å². The molecule has 40 heavy (non-hydrogen) atoms. The van der Waals surface area contributed by atoms with E-state index in [1.54, 1.807) is 0 Å². The minimum absolute atomic E-state index is 0.198. The van der Waals surface area contributed by atoms with E-state index in [0.717, 1.165) is 28.0 Å². The molecule has 7 rings (SSSR count). The van der Waals surface area contributed by atoms with Gasteiger partial charge in [0, 0.05) is 12.0 Å². The fraction of sp³-hybridized carbons (Fsp3) is 0.114. The van der Waals surface area contributed by atoms with Crippen molar-refractivity contribution in [2.45, 2.75) is 24.9 Å². The molecule has 0 fully saturated rings. The highest BCUT2D eigenvalue weighted by molar-refractivity contribution is 6.09. The maximum absolute atomic E-state index is 5.48. The molecule has 1 aliphatic heterocycles. The Balaban J connectivity index is 1.59. The molecule has 2 heterocycles. The van der Waals surface area contributed by atoms with Crippen LogP contribution in [-0.4, -0.2) is 20.7 Å². The molecule has 5 nitrogen and oxygen atoms in total. The van der Waals surface area contributed by atoms with Gasteiger partial charge in [-0.3, -0.25) is 5.01 Å². The van der Waals surface area contributed by atoms with Crippen molar-refractivity contribution in [1.82, 2.24) is 15.0 Å². The molecule has 1 aliphatic rings. The van der Waals surface area contributed by atoms with Gasteiger partial charge in [0.25, 0.3) is 0 Å². The zero-order valence-electron chi connectivity index (χ0n) is 22.3. The normalized spacial score (nSPS) is 18.7. The van der Waals surface area contributed by atoms with Crippen LogP contribution in [0.4, 0.5) is 5.69 Å². The van der Waals surface area contributed by atoms with Gasteiger partial charge < -0.3 is 0 Å². The first-order valence-electron chi connectivity index (χ1n) is 13.6. The lowest BCUT2D eigenvalue weighted by Crippen LogP contribution is -2.49. The average Bonchev–Trinajstić information content (AvgIpc) is 3.59. The smallest absolute Gasteiger partial charge is 0.140 e. The summed E-state index contributed by atoms with van der Waals surface area (Å²) in [6.07, 6.45) is 0.677. The Morgan fingerprint density at radius 1 is 0.675 bits per heavy atom. The van der Waals surface area contributed by atoms with Crippen LogP contribution in [0.2, 0.25) is 0 Å². The Hall–Kier alpha value is -5.03. The number of hydrazone groups is 1. The van der Waals surface area contributed by atoms with Gasteiger partial charge in [0.15, 0.2) is 0 Å². The minimum atomic E-state index is -0.718. The van der Waals surface area contributed by atoms with E-state index in [9.17, 15) is 0 Å². The van der Waals surface area contributed by atoms with Gasteiger partial charge in [-0.15, -0.1) is 5.10 Å². The Kier molecular flexibility index (Phi) is 5.97. The van der Waals surface area contributed by atoms with E-state index in [1.807, 2.05) is 18.2 Å². The molecule has 0 aliphatic carbocycles. The maximum atomic E-state index is 5.48. The van der Waals surface area contributed by atoms with Crippen LogP contribution in [0.3, 0.4) is 0 Å². The van der Waals surface area contributed by atoms with E-state index in [0.29, 0.717) is 6.42 Å². The second-order valence-corrected chi connectivity index (χ2v) is 10.4. The minimum Gasteiger partial charge on any atom is -0.255 e. The van der Waals surface area contributed by atoms with Gasteiger partial charge in [-0.05, 0) is 42.3 Å². The number of aromatic nitrogens is 3. The fourth-order valence-electron chi connectivity index (χ4n) is 5.98. The molecule has 5 aromatic carbocycles. The molecule has 0 saturated carbocycles. The Morgan fingerprint density at radius 3 is 2.02 bits per heavy atom. The lowest BCUT2D eigenvalue weighted by Gasteiger charge is -2.40. The van der Waals surface area contributed by atoms with Gasteiger partial charge in [-0.1, -0.05) is 126 Å². The SMILES string of the molecule is Cc1ccc(C2N(c3ccccc3)N=C(c3ccccc3)C2(Cc2ccccc2)n2nnc3ccccc32)cc1. The zero-order valence-corrected chi connectivity index (χ0v) is 22.3. The molecule has 0 amide bonds. The molecule has 0 N–H and O–H groups in total. The molecule has 2 atom stereocenters. The molecule has 0 bridgehead atoms. The predicted molar refractivity (Wildman–Crippen MR) is 161 cm³/mol. The summed E-state index contributed by atoms with van der Waals surface area (Å²) in [5.41, 5.74) is 7.77. The second-order valence-electron chi connectivity index (χ2n) is 10.4. The lowest BCUT2D eigenvalue weighted by molar-refractivity contribution is 0.311. The number of para-hydroxylation sites is 2. The monoisotopic (exact) mass is 519 g/mol. The molecular formula is C35H29N5. The summed E-state index contributed by atoms with van der Waals surface area (Å²) in [5.74, 6) is 0. The van der Waals surface area contributed by atoms with Crippen LogP contribution in [0.25, 0.3) is 11.0 Å². The van der Waals surface area contributed by atoms with Crippen LogP contribution in [0.1, 0.15) is 28.3 Å². The van der Waals surface area contributed by atoms with Crippen molar-refractivity contribution in [2.24, 2.45) is 5.10 Å². The van der Waals surface area contributed by atoms with Crippen molar-refractivity contribution >= 4 is 22.4 Å². The largest absolute Gasteiger partial charge is 0.255 e. The molecule has 0 spiro atoms. The first-order valence-corrected chi connectivity index (χ1v) is 13.6. The molecule has 6 aromatic rings. The van der Waals surface area contributed by atoms with E-state index >= 15 is 0 Å². The quantitative estimate of drug-likeness (QED) is 0.231. The number of nitrogens with zero attached hydrogens (tertiary/aromatic N) is 5. The third kappa shape index (κ3) is 3.98. The van der Waals surface area contributed by atoms with Crippen LogP contribution in [0.15, 0.2) is 145 Å². The van der Waals surface area contributed by atoms with Crippen molar-refractivity contribution in [2.75, 3.05) is 5.01 Å². The van der Waals surface area contributed by atoms with E-state index in [1.165, 1.54) is 16.7 Å². The summed E-state index contributed by atoms with van der Waals surface area (Å²) in [6, 6.07) is 48.5. The summed E-state index contributed by atoms with van der Waals surface area (Å²) in [5, 5.41) is 17.2. The van der Waals surface area contributed by atoms with Gasteiger partial charge in [0.1, 0.15) is 17.1 Å². The third-order valence-electron chi connectivity index (χ3n) is 7.82. The van der Waals surface area contributed by atoms with E-state index in [2.05, 4.69) is 143 Å². The van der Waals surface area contributed by atoms with Crippen LogP contribution < -0.4 is 5.01 Å². The van der Waals surface area contributed by atoms with Crippen LogP contribution in [0, 0.1) is 6.92 Å². The Bertz CT molecular complexity index is 1780. The number of anilines is 1. The summed E-state index contributed by atoms with van der Waals surface area (Å²) in [4.78, 5) is 0. The number of fused-ring (bicyclic) bond motifs is 1. The van der Waals surface area contributed by atoms with Crippen molar-refractivity contribution in [1.29, 1.82) is 0 Å². The number of hydrogen-bond donors (Lipinski definition) is 0. The Labute approximate surface area is 234 Å². The van der Waals surface area contributed by atoms with Gasteiger partial charge in [0.2, 0.25) is 0 Å². The van der Waals surface area contributed by atoms with Gasteiger partial charge >= 0.3 is 0 Å². The summed E-state index contributed by atoms with van der Waals surface area (Å²) >= 11 is 0. The van der Waals surface area contributed by atoms with Gasteiger partial charge in [-0.25, -0.2) is 4.68 Å². The molecular weight excluding hydrogens is 490 g/mol. The first kappa shape index (κ1) is 24.0. The molecule has 194 valence electrons. The molecule has 2 unspecified atom stereocenters. The highest BCUT2D eigenvalue weighted by Gasteiger charge is 2.55. The van der Waals surface area contributed by atoms with Gasteiger partial charge in [-0.2, -0.15) is 5.10 Å². The second kappa shape index (κ2) is 9.93. The first-order chi connectivity index (χ1) is 19.7. The number of benzene rings is 5. The lowest BCUT2D eigenvalue weighted by atomic mass is 9.75. The van der Waals surface area contributed by atoms with Crippen LogP contribution >= 0.6 is 0 Å². The summed E-state index contributed by atoms with van der Waals surface area (Å²) in [6.45, 7) is 2.13. The fourth-order valence-corrected chi connectivity index (χ4v) is 5.98.